The van der Waals surface area contributed by atoms with Gasteiger partial charge in [0.15, 0.2) is 0 Å². The molecule has 0 unspecified atom stereocenters. The summed E-state index contributed by atoms with van der Waals surface area (Å²) in [7, 11) is 0. The number of anilines is 1. The van der Waals surface area contributed by atoms with Crippen molar-refractivity contribution in [2.75, 3.05) is 18.0 Å². The lowest BCUT2D eigenvalue weighted by Gasteiger charge is -2.36. The molecule has 2 aromatic heterocycles. The number of benzene rings is 1. The van der Waals surface area contributed by atoms with Crippen molar-refractivity contribution in [3.63, 3.8) is 0 Å². The van der Waals surface area contributed by atoms with Gasteiger partial charge in [0.25, 0.3) is 11.5 Å². The average Bonchev–Trinajstić information content (AvgIpc) is 3.12. The predicted molar refractivity (Wildman–Crippen MR) is 146 cm³/mol. The first-order valence-electron chi connectivity index (χ1n) is 11.9. The second kappa shape index (κ2) is 9.59. The molecule has 0 saturated carbocycles. The van der Waals surface area contributed by atoms with Gasteiger partial charge in [-0.3, -0.25) is 18.9 Å². The van der Waals surface area contributed by atoms with Crippen molar-refractivity contribution in [2.45, 2.75) is 33.2 Å². The highest BCUT2D eigenvalue weighted by Gasteiger charge is 2.37. The number of rotatable bonds is 4. The third-order valence-electron chi connectivity index (χ3n) is 6.69. The van der Waals surface area contributed by atoms with Gasteiger partial charge in [-0.15, -0.1) is 0 Å². The number of aromatic nitrogens is 2. The molecule has 0 N–H and O–H groups in total. The van der Waals surface area contributed by atoms with E-state index in [1.807, 2.05) is 55.5 Å². The van der Waals surface area contributed by atoms with Gasteiger partial charge >= 0.3 is 0 Å². The number of amides is 1. The number of carbonyl (C=O) groups is 1. The van der Waals surface area contributed by atoms with Crippen LogP contribution in [0.1, 0.15) is 44.4 Å². The smallest absolute Gasteiger partial charge is 0.267 e. The summed E-state index contributed by atoms with van der Waals surface area (Å²) in [6.45, 7) is 8.08. The molecule has 0 bridgehead atoms. The number of thiocarbonyl (C=S) groups is 1. The van der Waals surface area contributed by atoms with Crippen molar-refractivity contribution < 1.29 is 4.79 Å². The van der Waals surface area contributed by atoms with Crippen LogP contribution >= 0.6 is 24.0 Å². The van der Waals surface area contributed by atoms with Crippen LogP contribution in [0.3, 0.4) is 0 Å². The number of hydrogen-bond acceptors (Lipinski definition) is 6. The molecule has 5 rings (SSSR count). The molecule has 35 heavy (non-hydrogen) atoms. The Morgan fingerprint density at radius 1 is 1.06 bits per heavy atom. The quantitative estimate of drug-likeness (QED) is 0.362. The van der Waals surface area contributed by atoms with Gasteiger partial charge in [0.1, 0.15) is 15.8 Å². The summed E-state index contributed by atoms with van der Waals surface area (Å²) in [6.07, 6.45) is 4.56. The highest BCUT2D eigenvalue weighted by molar-refractivity contribution is 8.26. The number of hydrogen-bond donors (Lipinski definition) is 0. The van der Waals surface area contributed by atoms with E-state index in [1.54, 1.807) is 21.6 Å². The highest BCUT2D eigenvalue weighted by Crippen LogP contribution is 2.38. The highest BCUT2D eigenvalue weighted by atomic mass is 32.2. The number of carbonyl (C=O) groups excluding carboxylic acids is 1. The maximum absolute atomic E-state index is 13.7. The normalized spacial score (nSPS) is 22.9. The summed E-state index contributed by atoms with van der Waals surface area (Å²) in [5, 5.41) is 0. The van der Waals surface area contributed by atoms with E-state index in [9.17, 15) is 9.59 Å². The molecule has 2 saturated heterocycles. The van der Waals surface area contributed by atoms with E-state index in [-0.39, 0.29) is 17.5 Å². The molecule has 0 radical (unpaired) electrons. The van der Waals surface area contributed by atoms with Crippen molar-refractivity contribution in [3.8, 4) is 0 Å². The lowest BCUT2D eigenvalue weighted by atomic mass is 9.91. The van der Waals surface area contributed by atoms with Gasteiger partial charge in [0.2, 0.25) is 0 Å². The third-order valence-corrected chi connectivity index (χ3v) is 8.02. The zero-order valence-electron chi connectivity index (χ0n) is 20.0. The number of pyridine rings is 1. The second-order valence-electron chi connectivity index (χ2n) is 9.57. The zero-order valence-corrected chi connectivity index (χ0v) is 21.7. The fourth-order valence-corrected chi connectivity index (χ4v) is 6.52. The van der Waals surface area contributed by atoms with Crippen LogP contribution in [0.25, 0.3) is 11.7 Å². The third kappa shape index (κ3) is 4.52. The van der Waals surface area contributed by atoms with E-state index in [0.717, 1.165) is 25.1 Å². The Kier molecular flexibility index (Phi) is 6.51. The molecule has 8 heteroatoms. The van der Waals surface area contributed by atoms with Gasteiger partial charge < -0.3 is 4.90 Å². The van der Waals surface area contributed by atoms with Crippen LogP contribution in [0.15, 0.2) is 64.4 Å². The molecule has 2 aliphatic rings. The first kappa shape index (κ1) is 23.8. The average molecular weight is 505 g/mol. The SMILES string of the molecule is C[C@@H]1C[C@H](C)CN(c2nc3ccccn3c(=O)c2/C=C2\SC(=S)N([C@H](C)c3ccccc3)C2=O)C1. The summed E-state index contributed by atoms with van der Waals surface area (Å²) >= 11 is 6.85. The van der Waals surface area contributed by atoms with Crippen LogP contribution in [0.2, 0.25) is 0 Å². The van der Waals surface area contributed by atoms with E-state index >= 15 is 0 Å². The van der Waals surface area contributed by atoms with Gasteiger partial charge in [0, 0.05) is 19.3 Å². The van der Waals surface area contributed by atoms with E-state index in [2.05, 4.69) is 18.7 Å². The predicted octanol–water partition coefficient (Wildman–Crippen LogP) is 5.14. The van der Waals surface area contributed by atoms with E-state index < -0.39 is 0 Å². The maximum atomic E-state index is 13.7. The first-order chi connectivity index (χ1) is 16.8. The topological polar surface area (TPSA) is 57.9 Å². The molecule has 2 aliphatic heterocycles. The molecule has 4 heterocycles. The molecular formula is C27H28N4O2S2. The fraction of sp³-hybridized carbons (Fsp3) is 0.333. The monoisotopic (exact) mass is 504 g/mol. The summed E-state index contributed by atoms with van der Waals surface area (Å²) in [5.41, 5.74) is 1.86. The lowest BCUT2D eigenvalue weighted by molar-refractivity contribution is -0.123. The Balaban J connectivity index is 1.59. The largest absolute Gasteiger partial charge is 0.355 e. The number of thioether (sulfide) groups is 1. The molecule has 2 fully saturated rings. The molecule has 3 aromatic rings. The second-order valence-corrected chi connectivity index (χ2v) is 11.2. The first-order valence-corrected chi connectivity index (χ1v) is 13.1. The standard InChI is InChI=1S/C27H28N4O2S2/c1-17-13-18(2)16-29(15-17)24-21(25(32)30-12-8-7-11-23(30)28-24)14-22-26(33)31(27(34)35-22)19(3)20-9-5-4-6-10-20/h4-12,14,17-19H,13,15-16H2,1-3H3/b22-14-/t17-,18+,19-/m1/s1. The number of nitrogens with zero attached hydrogens (tertiary/aromatic N) is 4. The molecule has 1 amide bonds. The van der Waals surface area contributed by atoms with Crippen LogP contribution in [0, 0.1) is 11.8 Å². The van der Waals surface area contributed by atoms with Gasteiger partial charge in [-0.25, -0.2) is 4.98 Å². The summed E-state index contributed by atoms with van der Waals surface area (Å²) in [4.78, 5) is 36.3. The van der Waals surface area contributed by atoms with Crippen molar-refractivity contribution in [1.82, 2.24) is 14.3 Å². The number of fused-ring (bicyclic) bond motifs is 1. The fourth-order valence-electron chi connectivity index (χ4n) is 5.12. The summed E-state index contributed by atoms with van der Waals surface area (Å²) < 4.78 is 2.03. The molecule has 180 valence electrons. The van der Waals surface area contributed by atoms with Gasteiger partial charge in [0.05, 0.1) is 16.5 Å². The summed E-state index contributed by atoms with van der Waals surface area (Å²) in [6, 6.07) is 15.2. The van der Waals surface area contributed by atoms with Gasteiger partial charge in [-0.05, 0) is 49.0 Å². The van der Waals surface area contributed by atoms with Crippen molar-refractivity contribution >= 4 is 51.7 Å². The van der Waals surface area contributed by atoms with E-state index in [0.29, 0.717) is 38.1 Å². The lowest BCUT2D eigenvalue weighted by Crippen LogP contribution is -2.40. The molecular weight excluding hydrogens is 476 g/mol. The zero-order chi connectivity index (χ0) is 24.7. The summed E-state index contributed by atoms with van der Waals surface area (Å²) in [5.74, 6) is 1.45. The molecule has 0 spiro atoms. The Bertz CT molecular complexity index is 1370. The van der Waals surface area contributed by atoms with Gasteiger partial charge in [-0.1, -0.05) is 74.2 Å². The Morgan fingerprint density at radius 2 is 1.74 bits per heavy atom. The Morgan fingerprint density at radius 3 is 2.46 bits per heavy atom. The Labute approximate surface area is 214 Å². The molecule has 0 aliphatic carbocycles. The Hall–Kier alpha value is -2.97. The van der Waals surface area contributed by atoms with E-state index in [1.165, 1.54) is 11.8 Å². The minimum Gasteiger partial charge on any atom is -0.355 e. The van der Waals surface area contributed by atoms with Crippen molar-refractivity contribution in [3.05, 3.63) is 81.1 Å². The maximum Gasteiger partial charge on any atom is 0.267 e. The minimum absolute atomic E-state index is 0.180. The molecule has 1 aromatic carbocycles. The van der Waals surface area contributed by atoms with Crippen molar-refractivity contribution in [2.24, 2.45) is 11.8 Å². The molecule has 3 atom stereocenters. The molecule has 6 nitrogen and oxygen atoms in total. The van der Waals surface area contributed by atoms with Crippen LogP contribution in [-0.4, -0.2) is 37.6 Å². The van der Waals surface area contributed by atoms with Gasteiger partial charge in [-0.2, -0.15) is 0 Å². The van der Waals surface area contributed by atoms with Crippen LogP contribution in [-0.2, 0) is 4.79 Å². The van der Waals surface area contributed by atoms with Crippen LogP contribution in [0.5, 0.6) is 0 Å². The minimum atomic E-state index is -0.200. The van der Waals surface area contributed by atoms with E-state index in [4.69, 9.17) is 17.2 Å². The van der Waals surface area contributed by atoms with Crippen LogP contribution in [0.4, 0.5) is 5.82 Å². The van der Waals surface area contributed by atoms with Crippen LogP contribution < -0.4 is 10.5 Å². The van der Waals surface area contributed by atoms with Crippen molar-refractivity contribution in [1.29, 1.82) is 0 Å². The number of piperidine rings is 1.